The second-order valence-electron chi connectivity index (χ2n) is 4.10. The molecule has 96 valence electrons. The fourth-order valence-corrected chi connectivity index (χ4v) is 2.34. The summed E-state index contributed by atoms with van der Waals surface area (Å²) in [6, 6.07) is 12.6. The maximum absolute atomic E-state index is 12.1. The van der Waals surface area contributed by atoms with Gasteiger partial charge >= 0.3 is 5.69 Å². The Balaban J connectivity index is 2.40. The average molecular weight is 275 g/mol. The van der Waals surface area contributed by atoms with Crippen molar-refractivity contribution in [3.63, 3.8) is 0 Å². The standard InChI is InChI=1S/C14H11ClN2O2/c1-19-12-7-3-6-11-13(12)17(14(18)16-11)10-5-2-4-9(15)8-10/h2-8H,1H3,(H,16,18). The molecule has 19 heavy (non-hydrogen) atoms. The number of H-pyrrole nitrogens is 1. The molecule has 3 aromatic rings. The SMILES string of the molecule is COc1cccc2[nH]c(=O)n(-c3cccc(Cl)c3)c12. The lowest BCUT2D eigenvalue weighted by atomic mass is 10.2. The number of hydrogen-bond acceptors (Lipinski definition) is 2. The number of hydrogen-bond donors (Lipinski definition) is 1. The number of imidazole rings is 1. The van der Waals surface area contributed by atoms with E-state index in [2.05, 4.69) is 4.98 Å². The third-order valence-corrected chi connectivity index (χ3v) is 3.19. The summed E-state index contributed by atoms with van der Waals surface area (Å²) in [6.07, 6.45) is 0. The number of nitrogens with zero attached hydrogens (tertiary/aromatic N) is 1. The first-order valence-corrected chi connectivity index (χ1v) is 6.12. The van der Waals surface area contributed by atoms with Gasteiger partial charge in [-0.15, -0.1) is 0 Å². The van der Waals surface area contributed by atoms with Crippen LogP contribution >= 0.6 is 11.6 Å². The number of aromatic nitrogens is 2. The van der Waals surface area contributed by atoms with Gasteiger partial charge in [-0.3, -0.25) is 4.57 Å². The summed E-state index contributed by atoms with van der Waals surface area (Å²) in [4.78, 5) is 14.9. The van der Waals surface area contributed by atoms with Gasteiger partial charge in [0.25, 0.3) is 0 Å². The Hall–Kier alpha value is -2.20. The molecule has 0 atom stereocenters. The number of aromatic amines is 1. The zero-order valence-corrected chi connectivity index (χ0v) is 10.9. The van der Waals surface area contributed by atoms with Gasteiger partial charge < -0.3 is 9.72 Å². The van der Waals surface area contributed by atoms with Crippen molar-refractivity contribution < 1.29 is 4.74 Å². The Morgan fingerprint density at radius 3 is 2.74 bits per heavy atom. The first-order chi connectivity index (χ1) is 9.20. The first kappa shape index (κ1) is 11.9. The highest BCUT2D eigenvalue weighted by Crippen LogP contribution is 2.26. The summed E-state index contributed by atoms with van der Waals surface area (Å²) in [5.41, 5.74) is 1.91. The van der Waals surface area contributed by atoms with E-state index < -0.39 is 0 Å². The highest BCUT2D eigenvalue weighted by molar-refractivity contribution is 6.30. The normalized spacial score (nSPS) is 10.8. The predicted octanol–water partition coefficient (Wildman–Crippen LogP) is 2.98. The summed E-state index contributed by atoms with van der Waals surface area (Å²) in [7, 11) is 1.58. The maximum Gasteiger partial charge on any atom is 0.331 e. The zero-order valence-electron chi connectivity index (χ0n) is 10.2. The maximum atomic E-state index is 12.1. The third-order valence-electron chi connectivity index (χ3n) is 2.95. The Labute approximate surface area is 114 Å². The lowest BCUT2D eigenvalue weighted by Crippen LogP contribution is -2.14. The van der Waals surface area contributed by atoms with Crippen LogP contribution in [0.15, 0.2) is 47.3 Å². The van der Waals surface area contributed by atoms with Crippen LogP contribution in [0.4, 0.5) is 0 Å². The molecule has 1 aromatic heterocycles. The van der Waals surface area contributed by atoms with E-state index in [0.717, 1.165) is 5.52 Å². The fourth-order valence-electron chi connectivity index (χ4n) is 2.15. The molecule has 0 saturated heterocycles. The lowest BCUT2D eigenvalue weighted by Gasteiger charge is -2.07. The van der Waals surface area contributed by atoms with E-state index in [1.807, 2.05) is 24.3 Å². The van der Waals surface area contributed by atoms with Crippen molar-refractivity contribution >= 4 is 22.6 Å². The number of rotatable bonds is 2. The van der Waals surface area contributed by atoms with E-state index >= 15 is 0 Å². The Kier molecular flexibility index (Phi) is 2.80. The van der Waals surface area contributed by atoms with Crippen molar-refractivity contribution in [2.75, 3.05) is 7.11 Å². The van der Waals surface area contributed by atoms with E-state index in [1.165, 1.54) is 0 Å². The predicted molar refractivity (Wildman–Crippen MR) is 75.5 cm³/mol. The molecule has 0 saturated carbocycles. The summed E-state index contributed by atoms with van der Waals surface area (Å²) < 4.78 is 6.88. The summed E-state index contributed by atoms with van der Waals surface area (Å²) in [5.74, 6) is 0.635. The Morgan fingerprint density at radius 2 is 2.00 bits per heavy atom. The number of nitrogens with one attached hydrogen (secondary N) is 1. The van der Waals surface area contributed by atoms with E-state index in [4.69, 9.17) is 16.3 Å². The average Bonchev–Trinajstić information content (AvgIpc) is 2.74. The molecule has 4 nitrogen and oxygen atoms in total. The molecule has 0 aliphatic carbocycles. The Bertz CT molecular complexity index is 805. The highest BCUT2D eigenvalue weighted by Gasteiger charge is 2.13. The van der Waals surface area contributed by atoms with Gasteiger partial charge in [-0.1, -0.05) is 23.7 Å². The number of fused-ring (bicyclic) bond motifs is 1. The molecule has 5 heteroatoms. The number of halogens is 1. The molecule has 0 amide bonds. The molecule has 0 fully saturated rings. The van der Waals surface area contributed by atoms with Crippen LogP contribution in [0.5, 0.6) is 5.75 Å². The second-order valence-corrected chi connectivity index (χ2v) is 4.54. The van der Waals surface area contributed by atoms with Crippen LogP contribution in [0.3, 0.4) is 0 Å². The summed E-state index contributed by atoms with van der Waals surface area (Å²) in [6.45, 7) is 0. The van der Waals surface area contributed by atoms with Crippen molar-refractivity contribution in [1.29, 1.82) is 0 Å². The molecule has 2 aromatic carbocycles. The first-order valence-electron chi connectivity index (χ1n) is 5.74. The van der Waals surface area contributed by atoms with Crippen LogP contribution in [-0.4, -0.2) is 16.7 Å². The van der Waals surface area contributed by atoms with E-state index in [0.29, 0.717) is 22.0 Å². The minimum absolute atomic E-state index is 0.221. The van der Waals surface area contributed by atoms with E-state index in [-0.39, 0.29) is 5.69 Å². The van der Waals surface area contributed by atoms with E-state index in [9.17, 15) is 4.79 Å². The molecule has 0 unspecified atom stereocenters. The van der Waals surface area contributed by atoms with Crippen LogP contribution in [0.1, 0.15) is 0 Å². The summed E-state index contributed by atoms with van der Waals surface area (Å²) >= 11 is 5.98. The van der Waals surface area contributed by atoms with Gasteiger partial charge in [0.2, 0.25) is 0 Å². The molecule has 1 N–H and O–H groups in total. The van der Waals surface area contributed by atoms with Crippen LogP contribution in [0, 0.1) is 0 Å². The molecule has 0 aliphatic heterocycles. The van der Waals surface area contributed by atoms with Crippen molar-refractivity contribution in [2.45, 2.75) is 0 Å². The van der Waals surface area contributed by atoms with Crippen LogP contribution in [0.2, 0.25) is 5.02 Å². The lowest BCUT2D eigenvalue weighted by molar-refractivity contribution is 0.418. The Morgan fingerprint density at radius 1 is 1.21 bits per heavy atom. The van der Waals surface area contributed by atoms with Gasteiger partial charge in [-0.2, -0.15) is 0 Å². The third kappa shape index (κ3) is 1.90. The molecule has 0 aliphatic rings. The minimum Gasteiger partial charge on any atom is -0.494 e. The van der Waals surface area contributed by atoms with Crippen LogP contribution < -0.4 is 10.4 Å². The molecule has 0 radical (unpaired) electrons. The molecular formula is C14H11ClN2O2. The number of ether oxygens (including phenoxy) is 1. The molecule has 3 rings (SSSR count). The van der Waals surface area contributed by atoms with Crippen molar-refractivity contribution in [1.82, 2.24) is 9.55 Å². The van der Waals surface area contributed by atoms with Gasteiger partial charge in [0.05, 0.1) is 18.3 Å². The molecular weight excluding hydrogens is 264 g/mol. The quantitative estimate of drug-likeness (QED) is 0.781. The number of para-hydroxylation sites is 1. The van der Waals surface area contributed by atoms with Crippen molar-refractivity contribution in [2.24, 2.45) is 0 Å². The minimum atomic E-state index is -0.221. The second kappa shape index (κ2) is 4.48. The van der Waals surface area contributed by atoms with Gasteiger partial charge in [0.1, 0.15) is 11.3 Å². The van der Waals surface area contributed by atoms with Gasteiger partial charge in [0, 0.05) is 5.02 Å². The van der Waals surface area contributed by atoms with Crippen LogP contribution in [-0.2, 0) is 0 Å². The monoisotopic (exact) mass is 274 g/mol. The summed E-state index contributed by atoms with van der Waals surface area (Å²) in [5, 5.41) is 0.577. The van der Waals surface area contributed by atoms with E-state index in [1.54, 1.807) is 29.9 Å². The topological polar surface area (TPSA) is 47.0 Å². The molecule has 1 heterocycles. The van der Waals surface area contributed by atoms with Gasteiger partial charge in [0.15, 0.2) is 0 Å². The zero-order chi connectivity index (χ0) is 13.4. The fraction of sp³-hybridized carbons (Fsp3) is 0.0714. The smallest absolute Gasteiger partial charge is 0.331 e. The van der Waals surface area contributed by atoms with Gasteiger partial charge in [-0.05, 0) is 30.3 Å². The van der Waals surface area contributed by atoms with Crippen molar-refractivity contribution in [3.8, 4) is 11.4 Å². The van der Waals surface area contributed by atoms with Crippen LogP contribution in [0.25, 0.3) is 16.7 Å². The largest absolute Gasteiger partial charge is 0.494 e. The van der Waals surface area contributed by atoms with Crippen molar-refractivity contribution in [3.05, 3.63) is 58.0 Å². The molecule has 0 bridgehead atoms. The molecule has 0 spiro atoms. The number of methoxy groups -OCH3 is 1. The van der Waals surface area contributed by atoms with Gasteiger partial charge in [-0.25, -0.2) is 4.79 Å². The highest BCUT2D eigenvalue weighted by atomic mass is 35.5. The number of benzene rings is 2.